The van der Waals surface area contributed by atoms with Crippen LogP contribution in [0.4, 0.5) is 0 Å². The fourth-order valence-corrected chi connectivity index (χ4v) is 1.94. The molecule has 1 rings (SSSR count). The third-order valence-electron chi connectivity index (χ3n) is 1.32. The molecule has 0 spiro atoms. The molecule has 1 heterocycles. The lowest BCUT2D eigenvalue weighted by Gasteiger charge is -1.99. The van der Waals surface area contributed by atoms with E-state index in [1.165, 1.54) is 9.75 Å². The molecule has 1 nitrogen and oxygen atoms in total. The van der Waals surface area contributed by atoms with Crippen molar-refractivity contribution in [3.8, 4) is 0 Å². The maximum atomic E-state index is 5.64. The Hall–Kier alpha value is -0.0500. The van der Waals surface area contributed by atoms with Gasteiger partial charge in [-0.05, 0) is 32.4 Å². The summed E-state index contributed by atoms with van der Waals surface area (Å²) in [4.78, 5) is 2.77. The topological polar surface area (TPSA) is 26.0 Å². The molecule has 0 aliphatic heterocycles. The molecule has 0 radical (unpaired) electrons. The molecule has 1 aromatic rings. The van der Waals surface area contributed by atoms with Crippen molar-refractivity contribution in [1.82, 2.24) is 0 Å². The van der Waals surface area contributed by atoms with Crippen LogP contribution in [0.15, 0.2) is 12.1 Å². The fraction of sp³-hybridized carbons (Fsp3) is 0.500. The number of nitrogens with two attached hydrogens (primary N) is 1. The van der Waals surface area contributed by atoms with Gasteiger partial charge in [0.15, 0.2) is 0 Å². The minimum absolute atomic E-state index is 0. The molecule has 1 atom stereocenters. The van der Waals surface area contributed by atoms with Crippen LogP contribution >= 0.6 is 23.7 Å². The van der Waals surface area contributed by atoms with Crippen molar-refractivity contribution >= 4 is 23.7 Å². The molecule has 0 aliphatic carbocycles. The average Bonchev–Trinajstić information content (AvgIpc) is 2.13. The van der Waals surface area contributed by atoms with Crippen LogP contribution in [0.3, 0.4) is 0 Å². The molecule has 0 aromatic carbocycles. The first-order valence-electron chi connectivity index (χ1n) is 3.49. The van der Waals surface area contributed by atoms with Crippen LogP contribution in [0.5, 0.6) is 0 Å². The molecular weight excluding hydrogens is 178 g/mol. The molecule has 2 N–H and O–H groups in total. The second kappa shape index (κ2) is 4.75. The summed E-state index contributed by atoms with van der Waals surface area (Å²) in [6, 6.07) is 4.59. The normalized spacial score (nSPS) is 12.3. The zero-order valence-electron chi connectivity index (χ0n) is 6.83. The second-order valence-corrected chi connectivity index (χ2v) is 4.07. The number of rotatable bonds is 2. The molecule has 1 aromatic heterocycles. The average molecular weight is 192 g/mol. The Kier molecular flexibility index (Phi) is 4.73. The van der Waals surface area contributed by atoms with E-state index in [1.54, 1.807) is 0 Å². The Bertz CT molecular complexity index is 208. The summed E-state index contributed by atoms with van der Waals surface area (Å²) in [5, 5.41) is 0. The van der Waals surface area contributed by atoms with Gasteiger partial charge in [0.25, 0.3) is 0 Å². The molecule has 0 fully saturated rings. The van der Waals surface area contributed by atoms with E-state index in [9.17, 15) is 0 Å². The SMILES string of the molecule is Cc1ccc(CC(C)N)s1.Cl. The number of thiophene rings is 1. The monoisotopic (exact) mass is 191 g/mol. The van der Waals surface area contributed by atoms with E-state index in [1.807, 2.05) is 18.3 Å². The predicted octanol–water partition coefficient (Wildman–Crippen LogP) is 2.37. The summed E-state index contributed by atoms with van der Waals surface area (Å²) in [5.74, 6) is 0. The Labute approximate surface area is 78.0 Å². The lowest BCUT2D eigenvalue weighted by Crippen LogP contribution is -2.16. The first-order chi connectivity index (χ1) is 4.68. The van der Waals surface area contributed by atoms with Crippen LogP contribution in [-0.4, -0.2) is 6.04 Å². The van der Waals surface area contributed by atoms with Gasteiger partial charge in [-0.15, -0.1) is 23.7 Å². The summed E-state index contributed by atoms with van der Waals surface area (Å²) in [7, 11) is 0. The Balaban J connectivity index is 0.000001000. The highest BCUT2D eigenvalue weighted by Gasteiger charge is 1.98. The number of aryl methyl sites for hydroxylation is 1. The zero-order valence-corrected chi connectivity index (χ0v) is 8.47. The van der Waals surface area contributed by atoms with Crippen molar-refractivity contribution in [2.75, 3.05) is 0 Å². The summed E-state index contributed by atoms with van der Waals surface area (Å²) in [6.45, 7) is 4.16. The van der Waals surface area contributed by atoms with Crippen LogP contribution in [0.1, 0.15) is 16.7 Å². The van der Waals surface area contributed by atoms with Crippen LogP contribution in [-0.2, 0) is 6.42 Å². The smallest absolute Gasteiger partial charge is 0.00633 e. The highest BCUT2D eigenvalue weighted by atomic mass is 35.5. The molecule has 11 heavy (non-hydrogen) atoms. The molecule has 0 saturated carbocycles. The summed E-state index contributed by atoms with van der Waals surface area (Å²) < 4.78 is 0. The van der Waals surface area contributed by atoms with E-state index in [2.05, 4.69) is 19.1 Å². The van der Waals surface area contributed by atoms with Gasteiger partial charge in [-0.25, -0.2) is 0 Å². The van der Waals surface area contributed by atoms with Crippen LogP contribution in [0.25, 0.3) is 0 Å². The van der Waals surface area contributed by atoms with Gasteiger partial charge in [0.05, 0.1) is 0 Å². The second-order valence-electron chi connectivity index (χ2n) is 2.69. The number of hydrogen-bond acceptors (Lipinski definition) is 2. The van der Waals surface area contributed by atoms with E-state index < -0.39 is 0 Å². The predicted molar refractivity (Wildman–Crippen MR) is 53.7 cm³/mol. The first-order valence-corrected chi connectivity index (χ1v) is 4.31. The van der Waals surface area contributed by atoms with Crippen molar-refractivity contribution in [3.63, 3.8) is 0 Å². The van der Waals surface area contributed by atoms with E-state index in [0.717, 1.165) is 6.42 Å². The lowest BCUT2D eigenvalue weighted by atomic mass is 10.2. The minimum Gasteiger partial charge on any atom is -0.328 e. The summed E-state index contributed by atoms with van der Waals surface area (Å²) in [6.07, 6.45) is 1.01. The molecule has 3 heteroatoms. The molecular formula is C8H14ClNS. The standard InChI is InChI=1S/C8H13NS.ClH/c1-6(9)5-8-4-3-7(2)10-8;/h3-4,6H,5,9H2,1-2H3;1H. The van der Waals surface area contributed by atoms with Crippen molar-refractivity contribution in [2.45, 2.75) is 26.3 Å². The lowest BCUT2D eigenvalue weighted by molar-refractivity contribution is 0.746. The van der Waals surface area contributed by atoms with Crippen molar-refractivity contribution in [3.05, 3.63) is 21.9 Å². The Morgan fingerprint density at radius 1 is 1.55 bits per heavy atom. The highest BCUT2D eigenvalue weighted by Crippen LogP contribution is 2.15. The van der Waals surface area contributed by atoms with Gasteiger partial charge in [-0.1, -0.05) is 0 Å². The van der Waals surface area contributed by atoms with Gasteiger partial charge in [0.1, 0.15) is 0 Å². The van der Waals surface area contributed by atoms with Gasteiger partial charge in [-0.2, -0.15) is 0 Å². The van der Waals surface area contributed by atoms with E-state index in [-0.39, 0.29) is 18.4 Å². The highest BCUT2D eigenvalue weighted by molar-refractivity contribution is 7.11. The maximum absolute atomic E-state index is 5.64. The molecule has 0 amide bonds. The number of hydrogen-bond donors (Lipinski definition) is 1. The zero-order chi connectivity index (χ0) is 7.56. The summed E-state index contributed by atoms with van der Waals surface area (Å²) in [5.41, 5.74) is 5.64. The van der Waals surface area contributed by atoms with Crippen LogP contribution in [0.2, 0.25) is 0 Å². The fourth-order valence-electron chi connectivity index (χ4n) is 0.912. The van der Waals surface area contributed by atoms with E-state index >= 15 is 0 Å². The van der Waals surface area contributed by atoms with Gasteiger partial charge in [0, 0.05) is 15.8 Å². The Morgan fingerprint density at radius 3 is 2.55 bits per heavy atom. The number of halogens is 1. The maximum Gasteiger partial charge on any atom is 0.00633 e. The molecule has 0 aliphatic rings. The Morgan fingerprint density at radius 2 is 2.18 bits per heavy atom. The van der Waals surface area contributed by atoms with Gasteiger partial charge >= 0.3 is 0 Å². The minimum atomic E-state index is 0. The van der Waals surface area contributed by atoms with Crippen molar-refractivity contribution < 1.29 is 0 Å². The first kappa shape index (κ1) is 11.0. The van der Waals surface area contributed by atoms with Gasteiger partial charge in [0.2, 0.25) is 0 Å². The van der Waals surface area contributed by atoms with Crippen LogP contribution < -0.4 is 5.73 Å². The van der Waals surface area contributed by atoms with E-state index in [4.69, 9.17) is 5.73 Å². The third-order valence-corrected chi connectivity index (χ3v) is 2.34. The molecule has 0 bridgehead atoms. The molecule has 1 unspecified atom stereocenters. The summed E-state index contributed by atoms with van der Waals surface area (Å²) >= 11 is 1.84. The van der Waals surface area contributed by atoms with Gasteiger partial charge in [-0.3, -0.25) is 0 Å². The third kappa shape index (κ3) is 3.75. The van der Waals surface area contributed by atoms with Crippen molar-refractivity contribution in [2.24, 2.45) is 5.73 Å². The van der Waals surface area contributed by atoms with Gasteiger partial charge < -0.3 is 5.73 Å². The van der Waals surface area contributed by atoms with Crippen molar-refractivity contribution in [1.29, 1.82) is 0 Å². The largest absolute Gasteiger partial charge is 0.328 e. The molecule has 0 saturated heterocycles. The van der Waals surface area contributed by atoms with E-state index in [0.29, 0.717) is 0 Å². The quantitative estimate of drug-likeness (QED) is 0.764. The molecule has 64 valence electrons. The van der Waals surface area contributed by atoms with Crippen LogP contribution in [0, 0.1) is 6.92 Å².